The van der Waals surface area contributed by atoms with Crippen molar-refractivity contribution in [2.24, 2.45) is 0 Å². The second-order valence-corrected chi connectivity index (χ2v) is 5.22. The molecule has 3 rings (SSSR count). The largest absolute Gasteiger partial charge is 0.397 e. The zero-order valence-electron chi connectivity index (χ0n) is 10.3. The van der Waals surface area contributed by atoms with Crippen LogP contribution in [0.15, 0.2) is 30.3 Å². The molecule has 0 radical (unpaired) electrons. The van der Waals surface area contributed by atoms with E-state index in [0.717, 1.165) is 18.5 Å². The number of nitrogen functional groups attached to an aromatic ring is 1. The van der Waals surface area contributed by atoms with Crippen LogP contribution in [0.2, 0.25) is 5.02 Å². The summed E-state index contributed by atoms with van der Waals surface area (Å²) in [6.45, 7) is 0. The Kier molecular flexibility index (Phi) is 3.07. The molecule has 0 fully saturated rings. The Balaban J connectivity index is 1.91. The van der Waals surface area contributed by atoms with E-state index in [0.29, 0.717) is 11.4 Å². The van der Waals surface area contributed by atoms with Crippen molar-refractivity contribution in [3.05, 3.63) is 52.3 Å². The van der Waals surface area contributed by atoms with Crippen LogP contribution in [0.3, 0.4) is 0 Å². The summed E-state index contributed by atoms with van der Waals surface area (Å²) in [6, 6.07) is 9.02. The van der Waals surface area contributed by atoms with Gasteiger partial charge in [0.25, 0.3) is 0 Å². The third-order valence-corrected chi connectivity index (χ3v) is 3.76. The van der Waals surface area contributed by atoms with E-state index in [1.807, 2.05) is 6.07 Å². The number of anilines is 3. The van der Waals surface area contributed by atoms with Crippen LogP contribution >= 0.6 is 11.6 Å². The van der Waals surface area contributed by atoms with E-state index in [1.54, 1.807) is 0 Å². The normalized spacial score (nSPS) is 13.4. The van der Waals surface area contributed by atoms with Gasteiger partial charge < -0.3 is 11.1 Å². The Morgan fingerprint density at radius 1 is 1.11 bits per heavy atom. The number of nitrogens with one attached hydrogen (secondary N) is 1. The van der Waals surface area contributed by atoms with Gasteiger partial charge in [-0.25, -0.2) is 4.39 Å². The fourth-order valence-electron chi connectivity index (χ4n) is 2.48. The van der Waals surface area contributed by atoms with Gasteiger partial charge >= 0.3 is 0 Å². The van der Waals surface area contributed by atoms with Crippen molar-refractivity contribution in [3.8, 4) is 0 Å². The maximum atomic E-state index is 13.2. The van der Waals surface area contributed by atoms with Crippen molar-refractivity contribution in [1.82, 2.24) is 0 Å². The second-order valence-electron chi connectivity index (χ2n) is 4.82. The number of fused-ring (bicyclic) bond motifs is 1. The average Bonchev–Trinajstić information content (AvgIpc) is 2.83. The molecule has 2 aromatic carbocycles. The van der Waals surface area contributed by atoms with Gasteiger partial charge in [0.2, 0.25) is 0 Å². The maximum Gasteiger partial charge on any atom is 0.143 e. The van der Waals surface area contributed by atoms with E-state index in [-0.39, 0.29) is 5.02 Å². The molecular weight excluding hydrogens is 263 g/mol. The smallest absolute Gasteiger partial charge is 0.143 e. The van der Waals surface area contributed by atoms with E-state index in [1.165, 1.54) is 29.7 Å². The monoisotopic (exact) mass is 276 g/mol. The minimum atomic E-state index is -0.501. The third-order valence-electron chi connectivity index (χ3n) is 3.47. The van der Waals surface area contributed by atoms with Crippen LogP contribution in [0.1, 0.15) is 17.5 Å². The Labute approximate surface area is 116 Å². The molecular formula is C15H14ClFN2. The molecule has 0 amide bonds. The van der Waals surface area contributed by atoms with Crippen LogP contribution in [0, 0.1) is 5.82 Å². The zero-order valence-corrected chi connectivity index (χ0v) is 11.1. The standard InChI is InChI=1S/C15H14ClFN2/c16-12-7-15(14(18)8-13(12)17)19-11-5-4-9-2-1-3-10(9)6-11/h4-8,19H,1-3,18H2. The summed E-state index contributed by atoms with van der Waals surface area (Å²) >= 11 is 5.78. The maximum absolute atomic E-state index is 13.2. The number of rotatable bonds is 2. The molecule has 0 atom stereocenters. The van der Waals surface area contributed by atoms with E-state index in [9.17, 15) is 4.39 Å². The first-order valence-corrected chi connectivity index (χ1v) is 6.64. The summed E-state index contributed by atoms with van der Waals surface area (Å²) in [7, 11) is 0. The molecule has 0 aliphatic heterocycles. The van der Waals surface area contributed by atoms with Crippen molar-refractivity contribution in [2.45, 2.75) is 19.3 Å². The number of aryl methyl sites for hydroxylation is 2. The number of benzene rings is 2. The fraction of sp³-hybridized carbons (Fsp3) is 0.200. The summed E-state index contributed by atoms with van der Waals surface area (Å²) in [5.74, 6) is -0.501. The van der Waals surface area contributed by atoms with Gasteiger partial charge in [-0.15, -0.1) is 0 Å². The summed E-state index contributed by atoms with van der Waals surface area (Å²) in [5, 5.41) is 3.26. The lowest BCUT2D eigenvalue weighted by Gasteiger charge is -2.11. The lowest BCUT2D eigenvalue weighted by Crippen LogP contribution is -1.98. The predicted octanol–water partition coefficient (Wildman–Crippen LogP) is 4.29. The molecule has 2 aromatic rings. The van der Waals surface area contributed by atoms with Gasteiger partial charge in [0.15, 0.2) is 0 Å². The van der Waals surface area contributed by atoms with Crippen molar-refractivity contribution in [1.29, 1.82) is 0 Å². The Morgan fingerprint density at radius 3 is 2.74 bits per heavy atom. The summed E-state index contributed by atoms with van der Waals surface area (Å²) < 4.78 is 13.2. The van der Waals surface area contributed by atoms with Gasteiger partial charge in [-0.3, -0.25) is 0 Å². The van der Waals surface area contributed by atoms with Gasteiger partial charge in [0.05, 0.1) is 16.4 Å². The van der Waals surface area contributed by atoms with Crippen molar-refractivity contribution in [2.75, 3.05) is 11.1 Å². The van der Waals surface area contributed by atoms with E-state index >= 15 is 0 Å². The summed E-state index contributed by atoms with van der Waals surface area (Å²) in [4.78, 5) is 0. The molecule has 0 saturated heterocycles. The molecule has 2 nitrogen and oxygen atoms in total. The minimum Gasteiger partial charge on any atom is -0.397 e. The molecule has 1 aliphatic rings. The molecule has 0 aromatic heterocycles. The van der Waals surface area contributed by atoms with Crippen LogP contribution in [0.25, 0.3) is 0 Å². The van der Waals surface area contributed by atoms with Crippen LogP contribution in [-0.2, 0) is 12.8 Å². The van der Waals surface area contributed by atoms with Crippen molar-refractivity contribution >= 4 is 28.7 Å². The number of hydrogen-bond acceptors (Lipinski definition) is 2. The van der Waals surface area contributed by atoms with Crippen molar-refractivity contribution in [3.63, 3.8) is 0 Å². The zero-order chi connectivity index (χ0) is 13.4. The van der Waals surface area contributed by atoms with Crippen molar-refractivity contribution < 1.29 is 4.39 Å². The highest BCUT2D eigenvalue weighted by Gasteiger charge is 2.12. The highest BCUT2D eigenvalue weighted by Crippen LogP contribution is 2.31. The van der Waals surface area contributed by atoms with Crippen LogP contribution in [0.5, 0.6) is 0 Å². The second kappa shape index (κ2) is 4.74. The Hall–Kier alpha value is -1.74. The summed E-state index contributed by atoms with van der Waals surface area (Å²) in [5.41, 5.74) is 10.5. The SMILES string of the molecule is Nc1cc(F)c(Cl)cc1Nc1ccc2c(c1)CCC2. The summed E-state index contributed by atoms with van der Waals surface area (Å²) in [6.07, 6.45) is 3.48. The number of hydrogen-bond donors (Lipinski definition) is 2. The van der Waals surface area contributed by atoms with E-state index in [4.69, 9.17) is 17.3 Å². The fourth-order valence-corrected chi connectivity index (χ4v) is 2.64. The molecule has 0 spiro atoms. The topological polar surface area (TPSA) is 38.0 Å². The molecule has 19 heavy (non-hydrogen) atoms. The van der Waals surface area contributed by atoms with Gasteiger partial charge in [0.1, 0.15) is 5.82 Å². The highest BCUT2D eigenvalue weighted by atomic mass is 35.5. The number of halogens is 2. The van der Waals surface area contributed by atoms with E-state index < -0.39 is 5.82 Å². The Bertz CT molecular complexity index is 640. The quantitative estimate of drug-likeness (QED) is 0.803. The molecule has 3 N–H and O–H groups in total. The molecule has 0 heterocycles. The van der Waals surface area contributed by atoms with Gasteiger partial charge in [0, 0.05) is 11.8 Å². The van der Waals surface area contributed by atoms with E-state index in [2.05, 4.69) is 17.4 Å². The van der Waals surface area contributed by atoms with Crippen LogP contribution in [-0.4, -0.2) is 0 Å². The predicted molar refractivity (Wildman–Crippen MR) is 77.6 cm³/mol. The lowest BCUT2D eigenvalue weighted by molar-refractivity contribution is 0.629. The molecule has 0 unspecified atom stereocenters. The Morgan fingerprint density at radius 2 is 1.89 bits per heavy atom. The van der Waals surface area contributed by atoms with Gasteiger partial charge in [-0.05, 0) is 48.6 Å². The average molecular weight is 277 g/mol. The van der Waals surface area contributed by atoms with Crippen LogP contribution in [0.4, 0.5) is 21.5 Å². The molecule has 4 heteroatoms. The number of nitrogens with two attached hydrogens (primary N) is 1. The third kappa shape index (κ3) is 2.38. The molecule has 1 aliphatic carbocycles. The van der Waals surface area contributed by atoms with Gasteiger partial charge in [-0.2, -0.15) is 0 Å². The lowest BCUT2D eigenvalue weighted by atomic mass is 10.1. The first-order chi connectivity index (χ1) is 9.13. The molecule has 0 saturated carbocycles. The molecule has 98 valence electrons. The van der Waals surface area contributed by atoms with Crippen LogP contribution < -0.4 is 11.1 Å². The highest BCUT2D eigenvalue weighted by molar-refractivity contribution is 6.31. The molecule has 0 bridgehead atoms. The van der Waals surface area contributed by atoms with Gasteiger partial charge in [-0.1, -0.05) is 17.7 Å². The first kappa shape index (κ1) is 12.3. The minimum absolute atomic E-state index is 0.0675. The first-order valence-electron chi connectivity index (χ1n) is 6.27.